The zero-order valence-corrected chi connectivity index (χ0v) is 23.7. The van der Waals surface area contributed by atoms with Crippen LogP contribution in [0.3, 0.4) is 0 Å². The van der Waals surface area contributed by atoms with Crippen LogP contribution >= 0.6 is 0 Å². The number of hydrogen-bond donors (Lipinski definition) is 1. The molecule has 216 valence electrons. The Balaban J connectivity index is 1.87. The maximum atomic E-state index is 13.4. The van der Waals surface area contributed by atoms with Gasteiger partial charge in [0.1, 0.15) is 12.2 Å². The number of aromatic hydroxyl groups is 1. The third-order valence-electron chi connectivity index (χ3n) is 7.71. The molecule has 4 atom stereocenters. The molecule has 1 N–H and O–H groups in total. The first-order valence-corrected chi connectivity index (χ1v) is 13.1. The van der Waals surface area contributed by atoms with Gasteiger partial charge in [-0.05, 0) is 24.3 Å². The third-order valence-corrected chi connectivity index (χ3v) is 7.71. The van der Waals surface area contributed by atoms with Crippen molar-refractivity contribution in [3.8, 4) is 45.6 Å². The molecule has 1 aliphatic carbocycles. The van der Waals surface area contributed by atoms with E-state index in [2.05, 4.69) is 0 Å². The summed E-state index contributed by atoms with van der Waals surface area (Å²) >= 11 is 0. The lowest BCUT2D eigenvalue weighted by Gasteiger charge is -2.38. The van der Waals surface area contributed by atoms with Gasteiger partial charge in [0.15, 0.2) is 23.0 Å². The lowest BCUT2D eigenvalue weighted by atomic mass is 9.74. The Morgan fingerprint density at radius 1 is 0.829 bits per heavy atom. The highest BCUT2D eigenvalue weighted by Gasteiger charge is 2.44. The number of rotatable bonds is 6. The summed E-state index contributed by atoms with van der Waals surface area (Å²) in [7, 11) is 4.32. The van der Waals surface area contributed by atoms with E-state index >= 15 is 0 Å². The quantitative estimate of drug-likeness (QED) is 0.379. The molecule has 1 heterocycles. The third kappa shape index (κ3) is 4.73. The lowest BCUT2D eigenvalue weighted by molar-refractivity contribution is -0.151. The number of methoxy groups -OCH3 is 3. The number of phenols is 1. The molecule has 4 unspecified atom stereocenters. The van der Waals surface area contributed by atoms with Gasteiger partial charge in [-0.1, -0.05) is 32.0 Å². The van der Waals surface area contributed by atoms with Gasteiger partial charge < -0.3 is 38.3 Å². The molecule has 0 aromatic heterocycles. The van der Waals surface area contributed by atoms with E-state index in [1.807, 2.05) is 13.8 Å². The maximum absolute atomic E-state index is 13.4. The molecular weight excluding hydrogens is 532 g/mol. The summed E-state index contributed by atoms with van der Waals surface area (Å²) in [5, 5.41) is 11.8. The fraction of sp³-hybridized carbons (Fsp3) is 0.355. The van der Waals surface area contributed by atoms with E-state index in [9.17, 15) is 14.7 Å². The van der Waals surface area contributed by atoms with Crippen LogP contribution in [0.15, 0.2) is 42.5 Å². The second-order valence-electron chi connectivity index (χ2n) is 9.97. The van der Waals surface area contributed by atoms with Crippen LogP contribution in [0, 0.1) is 11.8 Å². The Hall–Kier alpha value is -4.60. The van der Waals surface area contributed by atoms with Gasteiger partial charge in [0, 0.05) is 41.0 Å². The van der Waals surface area contributed by atoms with Gasteiger partial charge in [0.2, 0.25) is 18.3 Å². The number of ether oxygens (including phenoxy) is 7. The molecule has 0 saturated carbocycles. The van der Waals surface area contributed by atoms with Crippen molar-refractivity contribution in [3.05, 3.63) is 59.2 Å². The number of carbonyl (C=O) groups excluding carboxylic acids is 2. The molecule has 0 bridgehead atoms. The Labute approximate surface area is 237 Å². The Bertz CT molecular complexity index is 1480. The molecule has 5 rings (SSSR count). The van der Waals surface area contributed by atoms with Gasteiger partial charge in [-0.25, -0.2) is 4.79 Å². The second kappa shape index (κ2) is 11.1. The minimum Gasteiger partial charge on any atom is -0.504 e. The average molecular weight is 565 g/mol. The summed E-state index contributed by atoms with van der Waals surface area (Å²) in [5.41, 5.74) is 1.98. The van der Waals surface area contributed by atoms with E-state index in [0.717, 1.165) is 0 Å². The molecular formula is C31H32O10. The summed E-state index contributed by atoms with van der Waals surface area (Å²) < 4.78 is 40.6. The van der Waals surface area contributed by atoms with Crippen LogP contribution in [0.25, 0.3) is 11.1 Å². The second-order valence-corrected chi connectivity index (χ2v) is 9.97. The maximum Gasteiger partial charge on any atom is 0.338 e. The average Bonchev–Trinajstić information content (AvgIpc) is 3.45. The predicted molar refractivity (Wildman–Crippen MR) is 147 cm³/mol. The van der Waals surface area contributed by atoms with Gasteiger partial charge in [-0.3, -0.25) is 4.79 Å². The van der Waals surface area contributed by atoms with Crippen molar-refractivity contribution in [1.29, 1.82) is 0 Å². The zero-order valence-electron chi connectivity index (χ0n) is 23.7. The largest absolute Gasteiger partial charge is 0.504 e. The van der Waals surface area contributed by atoms with Crippen molar-refractivity contribution in [3.63, 3.8) is 0 Å². The summed E-state index contributed by atoms with van der Waals surface area (Å²) in [6, 6.07) is 12.0. The summed E-state index contributed by atoms with van der Waals surface area (Å²) in [6.45, 7) is 5.10. The number of phenolic OH excluding ortho intramolecular Hbond substituents is 1. The highest BCUT2D eigenvalue weighted by Crippen LogP contribution is 2.60. The number of fused-ring (bicyclic) bond motifs is 4. The highest BCUT2D eigenvalue weighted by molar-refractivity contribution is 5.91. The Kier molecular flexibility index (Phi) is 7.57. The smallest absolute Gasteiger partial charge is 0.338 e. The molecule has 41 heavy (non-hydrogen) atoms. The molecule has 1 aliphatic heterocycles. The van der Waals surface area contributed by atoms with Crippen LogP contribution in [0.4, 0.5) is 0 Å². The molecule has 3 aromatic rings. The molecule has 10 nitrogen and oxygen atoms in total. The Morgan fingerprint density at radius 3 is 2.07 bits per heavy atom. The molecule has 10 heteroatoms. The van der Waals surface area contributed by atoms with Crippen LogP contribution in [0.5, 0.6) is 34.5 Å². The standard InChI is InChI=1S/C31H32O10/c1-15-16(2)27(41-31(34)18-10-8-7-9-11-18)19-12-21(35-4)28(36-5)25(33)23(19)24-20(26(15)40-17(3)32)13-22-29(30(24)37-6)39-14-38-22/h7-13,15-16,26-27,33H,14H2,1-6H3. The SMILES string of the molecule is COc1cc2c(c(O)c1OC)-c1c(cc3c(c1OC)OCO3)C(OC(C)=O)C(C)C(C)C2OC(=O)c1ccccc1. The van der Waals surface area contributed by atoms with Gasteiger partial charge in [0.25, 0.3) is 0 Å². The topological polar surface area (TPSA) is 119 Å². The number of hydrogen-bond acceptors (Lipinski definition) is 10. The first-order valence-electron chi connectivity index (χ1n) is 13.1. The minimum absolute atomic E-state index is 0.0408. The molecule has 0 radical (unpaired) electrons. The van der Waals surface area contributed by atoms with E-state index in [0.29, 0.717) is 33.8 Å². The zero-order chi connectivity index (χ0) is 29.4. The monoisotopic (exact) mass is 564 g/mol. The Morgan fingerprint density at radius 2 is 1.46 bits per heavy atom. The number of carbonyl (C=O) groups is 2. The van der Waals surface area contributed by atoms with Gasteiger partial charge in [0.05, 0.1) is 26.9 Å². The number of benzene rings is 3. The van der Waals surface area contributed by atoms with E-state index in [-0.39, 0.29) is 41.3 Å². The molecule has 0 fully saturated rings. The summed E-state index contributed by atoms with van der Waals surface area (Å²) in [4.78, 5) is 25.9. The van der Waals surface area contributed by atoms with Crippen LogP contribution in [-0.2, 0) is 14.3 Å². The van der Waals surface area contributed by atoms with Crippen molar-refractivity contribution in [2.75, 3.05) is 28.1 Å². The van der Waals surface area contributed by atoms with Crippen LogP contribution in [-0.4, -0.2) is 45.2 Å². The van der Waals surface area contributed by atoms with Gasteiger partial charge in [-0.2, -0.15) is 0 Å². The van der Waals surface area contributed by atoms with Crippen molar-refractivity contribution in [2.24, 2.45) is 11.8 Å². The molecule has 0 spiro atoms. The molecule has 0 saturated heterocycles. The van der Waals surface area contributed by atoms with Crippen molar-refractivity contribution in [2.45, 2.75) is 33.0 Å². The van der Waals surface area contributed by atoms with E-state index < -0.39 is 30.1 Å². The predicted octanol–water partition coefficient (Wildman–Crippen LogP) is 5.60. The fourth-order valence-corrected chi connectivity index (χ4v) is 5.59. The van der Waals surface area contributed by atoms with Gasteiger partial charge in [-0.15, -0.1) is 0 Å². The lowest BCUT2D eigenvalue weighted by Crippen LogP contribution is -2.31. The van der Waals surface area contributed by atoms with Crippen molar-refractivity contribution >= 4 is 11.9 Å². The summed E-state index contributed by atoms with van der Waals surface area (Å²) in [5.74, 6) is -0.858. The van der Waals surface area contributed by atoms with Crippen LogP contribution < -0.4 is 23.7 Å². The van der Waals surface area contributed by atoms with E-state index in [1.54, 1.807) is 42.5 Å². The molecule has 2 aliphatic rings. The molecule has 3 aromatic carbocycles. The fourth-order valence-electron chi connectivity index (χ4n) is 5.59. The molecule has 0 amide bonds. The summed E-state index contributed by atoms with van der Waals surface area (Å²) in [6.07, 6.45) is -1.75. The van der Waals surface area contributed by atoms with Crippen molar-refractivity contribution in [1.82, 2.24) is 0 Å². The van der Waals surface area contributed by atoms with Crippen molar-refractivity contribution < 1.29 is 47.9 Å². The van der Waals surface area contributed by atoms with E-state index in [4.69, 9.17) is 33.2 Å². The highest BCUT2D eigenvalue weighted by atomic mass is 16.7. The van der Waals surface area contributed by atoms with E-state index in [1.165, 1.54) is 28.3 Å². The normalized spacial score (nSPS) is 20.5. The first kappa shape index (κ1) is 27.9. The van der Waals surface area contributed by atoms with Gasteiger partial charge >= 0.3 is 11.9 Å². The van der Waals surface area contributed by atoms with Crippen LogP contribution in [0.1, 0.15) is 54.5 Å². The first-order chi connectivity index (χ1) is 19.7. The number of esters is 2. The minimum atomic E-state index is -0.917. The van der Waals surface area contributed by atoms with Crippen LogP contribution in [0.2, 0.25) is 0 Å².